The SMILES string of the molecule is COC1=C[C@@]23CCN(C)[C@@H](Cc4ccc(OC)c(O)c42)[C@H]3CC1=O. The standard InChI is InChI=1S/C19H23NO4/c1-20-7-6-19-10-16(24-3)14(21)9-12(19)13(20)8-11-4-5-15(23-2)18(22)17(11)19/h4-5,10,12-13,22H,6-9H2,1-3H3/t12-,13+,19-/m1/s1. The van der Waals surface area contributed by atoms with Crippen LogP contribution in [0.5, 0.6) is 11.5 Å². The molecule has 1 N–H and O–H groups in total. The molecule has 24 heavy (non-hydrogen) atoms. The van der Waals surface area contributed by atoms with Crippen LogP contribution < -0.4 is 4.74 Å². The third-order valence-electron chi connectivity index (χ3n) is 6.20. The summed E-state index contributed by atoms with van der Waals surface area (Å²) < 4.78 is 10.7. The third-order valence-corrected chi connectivity index (χ3v) is 6.20. The van der Waals surface area contributed by atoms with Gasteiger partial charge >= 0.3 is 0 Å². The van der Waals surface area contributed by atoms with Crippen molar-refractivity contribution >= 4 is 5.78 Å². The van der Waals surface area contributed by atoms with Gasteiger partial charge in [0, 0.05) is 23.4 Å². The number of fused-ring (bicyclic) bond motifs is 1. The van der Waals surface area contributed by atoms with E-state index in [1.165, 1.54) is 0 Å². The van der Waals surface area contributed by atoms with Gasteiger partial charge in [-0.1, -0.05) is 6.07 Å². The number of ketones is 1. The van der Waals surface area contributed by atoms with Gasteiger partial charge in [-0.25, -0.2) is 0 Å². The van der Waals surface area contributed by atoms with Crippen molar-refractivity contribution in [3.8, 4) is 11.5 Å². The maximum atomic E-state index is 12.4. The lowest BCUT2D eigenvalue weighted by molar-refractivity contribution is -0.122. The number of nitrogens with zero attached hydrogens (tertiary/aromatic N) is 1. The number of ether oxygens (including phenoxy) is 2. The molecule has 2 bridgehead atoms. The highest BCUT2D eigenvalue weighted by atomic mass is 16.5. The Bertz CT molecular complexity index is 741. The third kappa shape index (κ3) is 1.88. The molecule has 0 unspecified atom stereocenters. The Labute approximate surface area is 141 Å². The van der Waals surface area contributed by atoms with E-state index in [1.807, 2.05) is 12.1 Å². The topological polar surface area (TPSA) is 59.0 Å². The zero-order valence-electron chi connectivity index (χ0n) is 14.3. The fraction of sp³-hybridized carbons (Fsp3) is 0.526. The molecule has 1 saturated heterocycles. The smallest absolute Gasteiger partial charge is 0.197 e. The summed E-state index contributed by atoms with van der Waals surface area (Å²) in [6.07, 6.45) is 4.14. The van der Waals surface area contributed by atoms with Crippen LogP contribution in [-0.2, 0) is 21.4 Å². The first-order valence-corrected chi connectivity index (χ1v) is 8.41. The van der Waals surface area contributed by atoms with E-state index in [9.17, 15) is 9.90 Å². The Morgan fingerprint density at radius 2 is 2.04 bits per heavy atom. The van der Waals surface area contributed by atoms with Crippen molar-refractivity contribution in [2.45, 2.75) is 30.7 Å². The molecule has 5 nitrogen and oxygen atoms in total. The molecule has 1 heterocycles. The number of hydrogen-bond donors (Lipinski definition) is 1. The van der Waals surface area contributed by atoms with Gasteiger partial charge in [0.2, 0.25) is 0 Å². The van der Waals surface area contributed by atoms with Gasteiger partial charge in [0.1, 0.15) is 0 Å². The average molecular weight is 329 g/mol. The number of benzene rings is 1. The van der Waals surface area contributed by atoms with Gasteiger partial charge < -0.3 is 19.5 Å². The highest BCUT2D eigenvalue weighted by Gasteiger charge is 2.56. The van der Waals surface area contributed by atoms with Crippen LogP contribution in [0.2, 0.25) is 0 Å². The van der Waals surface area contributed by atoms with E-state index in [0.717, 1.165) is 30.5 Å². The Hall–Kier alpha value is -2.01. The van der Waals surface area contributed by atoms with E-state index < -0.39 is 0 Å². The number of rotatable bonds is 2. The second kappa shape index (κ2) is 5.24. The van der Waals surface area contributed by atoms with E-state index >= 15 is 0 Å². The minimum Gasteiger partial charge on any atom is -0.504 e. The number of likely N-dealkylation sites (N-methyl/N-ethyl adjacent to an activating group) is 1. The zero-order valence-corrected chi connectivity index (χ0v) is 14.3. The first-order valence-electron chi connectivity index (χ1n) is 8.41. The Morgan fingerprint density at radius 1 is 1.25 bits per heavy atom. The number of phenolic OH excluding ortho intramolecular Hbond substituents is 1. The maximum absolute atomic E-state index is 12.4. The quantitative estimate of drug-likeness (QED) is 0.899. The van der Waals surface area contributed by atoms with E-state index in [0.29, 0.717) is 24.0 Å². The molecule has 0 spiro atoms. The van der Waals surface area contributed by atoms with Crippen LogP contribution in [0, 0.1) is 5.92 Å². The first-order chi connectivity index (χ1) is 11.5. The Morgan fingerprint density at radius 3 is 2.75 bits per heavy atom. The zero-order chi connectivity index (χ0) is 17.1. The maximum Gasteiger partial charge on any atom is 0.197 e. The first kappa shape index (κ1) is 15.5. The summed E-state index contributed by atoms with van der Waals surface area (Å²) in [6, 6.07) is 4.18. The van der Waals surface area contributed by atoms with E-state index in [2.05, 4.69) is 18.0 Å². The predicted molar refractivity (Wildman–Crippen MR) is 89.3 cm³/mol. The molecule has 1 aromatic rings. The second-order valence-electron chi connectivity index (χ2n) is 7.14. The number of piperidine rings is 1. The molecule has 3 aliphatic rings. The molecule has 0 radical (unpaired) electrons. The summed E-state index contributed by atoms with van der Waals surface area (Å²) in [5.41, 5.74) is 1.71. The summed E-state index contributed by atoms with van der Waals surface area (Å²) >= 11 is 0. The van der Waals surface area contributed by atoms with Crippen molar-refractivity contribution in [2.24, 2.45) is 5.92 Å². The Kier molecular flexibility index (Phi) is 3.39. The van der Waals surface area contributed by atoms with Crippen LogP contribution in [0.3, 0.4) is 0 Å². The van der Waals surface area contributed by atoms with Gasteiger partial charge in [0.25, 0.3) is 0 Å². The molecule has 0 saturated carbocycles. The number of allylic oxidation sites excluding steroid dienone is 2. The molecule has 0 amide bonds. The van der Waals surface area contributed by atoms with Gasteiger partial charge in [-0.15, -0.1) is 0 Å². The number of Topliss-reactive ketones (excluding diaryl/α,β-unsaturated/α-hetero) is 1. The van der Waals surface area contributed by atoms with Crippen LogP contribution in [-0.4, -0.2) is 49.6 Å². The molecule has 128 valence electrons. The molecule has 0 aromatic heterocycles. The molecule has 1 aromatic carbocycles. The molecular formula is C19H23NO4. The highest BCUT2D eigenvalue weighted by molar-refractivity contribution is 5.95. The summed E-state index contributed by atoms with van der Waals surface area (Å²) in [5.74, 6) is 1.34. The lowest BCUT2D eigenvalue weighted by Crippen LogP contribution is -2.60. The van der Waals surface area contributed by atoms with Crippen LogP contribution in [0.15, 0.2) is 24.0 Å². The summed E-state index contributed by atoms with van der Waals surface area (Å²) in [6.45, 7) is 0.930. The Balaban J connectivity index is 2.00. The predicted octanol–water partition coefficient (Wildman–Crippen LogP) is 2.02. The molecule has 1 aliphatic heterocycles. The average Bonchev–Trinajstić information content (AvgIpc) is 2.58. The van der Waals surface area contributed by atoms with E-state index in [-0.39, 0.29) is 22.9 Å². The van der Waals surface area contributed by atoms with Crippen molar-refractivity contribution in [1.82, 2.24) is 4.90 Å². The second-order valence-corrected chi connectivity index (χ2v) is 7.14. The molecular weight excluding hydrogens is 306 g/mol. The van der Waals surface area contributed by atoms with Gasteiger partial charge in [-0.3, -0.25) is 4.79 Å². The lowest BCUT2D eigenvalue weighted by Gasteiger charge is -2.56. The summed E-state index contributed by atoms with van der Waals surface area (Å²) in [7, 11) is 5.24. The molecule has 5 heteroatoms. The summed E-state index contributed by atoms with van der Waals surface area (Å²) in [4.78, 5) is 14.8. The monoisotopic (exact) mass is 329 g/mol. The van der Waals surface area contributed by atoms with Gasteiger partial charge in [-0.05, 0) is 50.1 Å². The van der Waals surface area contributed by atoms with Crippen molar-refractivity contribution < 1.29 is 19.4 Å². The number of carbonyl (C=O) groups excluding carboxylic acids is 1. The fourth-order valence-corrected chi connectivity index (χ4v) is 5.02. The van der Waals surface area contributed by atoms with Gasteiger partial charge in [-0.2, -0.15) is 0 Å². The molecule has 1 fully saturated rings. The molecule has 3 atom stereocenters. The lowest BCUT2D eigenvalue weighted by atomic mass is 9.54. The highest BCUT2D eigenvalue weighted by Crippen LogP contribution is 2.57. The van der Waals surface area contributed by atoms with Gasteiger partial charge in [0.05, 0.1) is 14.2 Å². The number of hydrogen-bond acceptors (Lipinski definition) is 5. The van der Waals surface area contributed by atoms with E-state index in [4.69, 9.17) is 9.47 Å². The summed E-state index contributed by atoms with van der Waals surface area (Å²) in [5, 5.41) is 10.9. The normalized spacial score (nSPS) is 31.8. The van der Waals surface area contributed by atoms with Crippen LogP contribution in [0.4, 0.5) is 0 Å². The number of aromatic hydroxyl groups is 1. The van der Waals surface area contributed by atoms with Crippen molar-refractivity contribution in [2.75, 3.05) is 27.8 Å². The van der Waals surface area contributed by atoms with Crippen molar-refractivity contribution in [3.05, 3.63) is 35.1 Å². The number of likely N-dealkylation sites (tertiary alicyclic amines) is 1. The van der Waals surface area contributed by atoms with Crippen LogP contribution in [0.25, 0.3) is 0 Å². The van der Waals surface area contributed by atoms with E-state index in [1.54, 1.807) is 14.2 Å². The minimum absolute atomic E-state index is 0.0595. The van der Waals surface area contributed by atoms with Crippen LogP contribution >= 0.6 is 0 Å². The largest absolute Gasteiger partial charge is 0.504 e. The van der Waals surface area contributed by atoms with Crippen molar-refractivity contribution in [1.29, 1.82) is 0 Å². The number of methoxy groups -OCH3 is 2. The molecule has 2 aliphatic carbocycles. The van der Waals surface area contributed by atoms with Crippen molar-refractivity contribution in [3.63, 3.8) is 0 Å². The number of carbonyl (C=O) groups is 1. The molecule has 4 rings (SSSR count). The van der Waals surface area contributed by atoms with Crippen LogP contribution in [0.1, 0.15) is 24.0 Å². The fourth-order valence-electron chi connectivity index (χ4n) is 5.02. The minimum atomic E-state index is -0.358. The number of phenols is 1. The van der Waals surface area contributed by atoms with Gasteiger partial charge in [0.15, 0.2) is 23.0 Å².